The second kappa shape index (κ2) is 2.62. The number of rotatable bonds is 2. The van der Waals surface area contributed by atoms with E-state index >= 15 is 0 Å². The van der Waals surface area contributed by atoms with Crippen LogP contribution in [0.25, 0.3) is 0 Å². The molecular formula is C6H10O3. The van der Waals surface area contributed by atoms with Crippen LogP contribution in [0.5, 0.6) is 0 Å². The molecule has 0 atom stereocenters. The normalized spacial score (nSPS) is 10.6. The molecule has 0 N–H and O–H groups in total. The number of hydrogen-bond donors (Lipinski definition) is 0. The number of esters is 1. The van der Waals surface area contributed by atoms with Crippen LogP contribution in [0.2, 0.25) is 0 Å². The van der Waals surface area contributed by atoms with Crippen LogP contribution in [-0.4, -0.2) is 17.9 Å². The summed E-state index contributed by atoms with van der Waals surface area (Å²) in [7, 11) is 0. The van der Waals surface area contributed by atoms with Crippen LogP contribution >= 0.6 is 0 Å². The fraction of sp³-hybridized carbons (Fsp3) is 0.667. The highest BCUT2D eigenvalue weighted by molar-refractivity contribution is 5.71. The Hall–Kier alpha value is -0.860. The predicted molar refractivity (Wildman–Crippen MR) is 31.9 cm³/mol. The third-order valence-corrected chi connectivity index (χ3v) is 0.691. The van der Waals surface area contributed by atoms with Gasteiger partial charge in [-0.2, -0.15) is 0 Å². The van der Waals surface area contributed by atoms with E-state index in [2.05, 4.69) is 4.74 Å². The van der Waals surface area contributed by atoms with E-state index in [1.807, 2.05) is 0 Å². The van der Waals surface area contributed by atoms with Crippen LogP contribution in [0.15, 0.2) is 0 Å². The zero-order chi connectivity index (χ0) is 7.49. The van der Waals surface area contributed by atoms with Crippen molar-refractivity contribution in [3.8, 4) is 0 Å². The minimum absolute atomic E-state index is 0.438. The standard InChI is InChI=1S/C6H10O3/c1-5(8)9-6(2,3)4-7/h4H,1-3H3. The molecule has 0 aliphatic carbocycles. The number of ether oxygens (including phenoxy) is 1. The van der Waals surface area contributed by atoms with E-state index in [4.69, 9.17) is 0 Å². The van der Waals surface area contributed by atoms with Crippen molar-refractivity contribution in [1.29, 1.82) is 0 Å². The Kier molecular flexibility index (Phi) is 2.37. The molecule has 0 bridgehead atoms. The average Bonchev–Trinajstić information content (AvgIpc) is 1.63. The van der Waals surface area contributed by atoms with Gasteiger partial charge in [0, 0.05) is 6.92 Å². The minimum atomic E-state index is -0.966. The first-order valence-electron chi connectivity index (χ1n) is 2.64. The zero-order valence-electron chi connectivity index (χ0n) is 5.80. The van der Waals surface area contributed by atoms with Gasteiger partial charge in [-0.05, 0) is 13.8 Å². The maximum Gasteiger partial charge on any atom is 0.303 e. The number of aldehydes is 1. The molecule has 0 unspecified atom stereocenters. The molecule has 0 aromatic carbocycles. The lowest BCUT2D eigenvalue weighted by molar-refractivity contribution is -0.157. The quantitative estimate of drug-likeness (QED) is 0.404. The van der Waals surface area contributed by atoms with E-state index in [-0.39, 0.29) is 0 Å². The van der Waals surface area contributed by atoms with E-state index in [0.29, 0.717) is 6.29 Å². The molecule has 0 rings (SSSR count). The Labute approximate surface area is 54.0 Å². The van der Waals surface area contributed by atoms with Gasteiger partial charge in [-0.3, -0.25) is 9.59 Å². The number of hydrogen-bond acceptors (Lipinski definition) is 3. The van der Waals surface area contributed by atoms with Crippen LogP contribution in [0.3, 0.4) is 0 Å². The largest absolute Gasteiger partial charge is 0.452 e. The molecule has 52 valence electrons. The minimum Gasteiger partial charge on any atom is -0.452 e. The van der Waals surface area contributed by atoms with Crippen molar-refractivity contribution in [2.24, 2.45) is 0 Å². The van der Waals surface area contributed by atoms with Crippen LogP contribution in [0.1, 0.15) is 20.8 Å². The number of carbonyl (C=O) groups excluding carboxylic acids is 2. The van der Waals surface area contributed by atoms with Gasteiger partial charge in [0.15, 0.2) is 11.9 Å². The molecule has 0 radical (unpaired) electrons. The summed E-state index contributed by atoms with van der Waals surface area (Å²) < 4.78 is 4.58. The van der Waals surface area contributed by atoms with Gasteiger partial charge in [-0.15, -0.1) is 0 Å². The van der Waals surface area contributed by atoms with Crippen molar-refractivity contribution in [3.63, 3.8) is 0 Å². The van der Waals surface area contributed by atoms with Crippen molar-refractivity contribution in [2.45, 2.75) is 26.4 Å². The Morgan fingerprint density at radius 1 is 1.56 bits per heavy atom. The Balaban J connectivity index is 3.86. The lowest BCUT2D eigenvalue weighted by atomic mass is 10.2. The SMILES string of the molecule is CC(=O)OC(C)(C)C=O. The molecule has 9 heavy (non-hydrogen) atoms. The summed E-state index contributed by atoms with van der Waals surface area (Å²) in [6.07, 6.45) is 0.592. The van der Waals surface area contributed by atoms with Gasteiger partial charge in [0.05, 0.1) is 0 Å². The average molecular weight is 130 g/mol. The second-order valence-electron chi connectivity index (χ2n) is 2.31. The molecular weight excluding hydrogens is 120 g/mol. The smallest absolute Gasteiger partial charge is 0.303 e. The zero-order valence-corrected chi connectivity index (χ0v) is 5.80. The van der Waals surface area contributed by atoms with Crippen LogP contribution in [0, 0.1) is 0 Å². The lowest BCUT2D eigenvalue weighted by Crippen LogP contribution is -2.28. The van der Waals surface area contributed by atoms with Gasteiger partial charge in [0.1, 0.15) is 0 Å². The molecule has 0 aromatic heterocycles. The maximum absolute atomic E-state index is 10.2. The first kappa shape index (κ1) is 8.14. The summed E-state index contributed by atoms with van der Waals surface area (Å²) in [5.74, 6) is -0.438. The second-order valence-corrected chi connectivity index (χ2v) is 2.31. The molecule has 0 heterocycles. The van der Waals surface area contributed by atoms with Crippen molar-refractivity contribution in [2.75, 3.05) is 0 Å². The molecule has 3 heteroatoms. The van der Waals surface area contributed by atoms with E-state index in [9.17, 15) is 9.59 Å². The van der Waals surface area contributed by atoms with E-state index in [1.165, 1.54) is 20.8 Å². The van der Waals surface area contributed by atoms with Crippen molar-refractivity contribution in [1.82, 2.24) is 0 Å². The third kappa shape index (κ3) is 3.70. The van der Waals surface area contributed by atoms with E-state index < -0.39 is 11.6 Å². The summed E-state index contributed by atoms with van der Waals surface area (Å²) in [5, 5.41) is 0. The van der Waals surface area contributed by atoms with Gasteiger partial charge in [-0.25, -0.2) is 0 Å². The summed E-state index contributed by atoms with van der Waals surface area (Å²) in [6, 6.07) is 0. The highest BCUT2D eigenvalue weighted by atomic mass is 16.6. The topological polar surface area (TPSA) is 43.4 Å². The molecule has 0 aromatic rings. The Morgan fingerprint density at radius 3 is 2.11 bits per heavy atom. The maximum atomic E-state index is 10.2. The Morgan fingerprint density at radius 2 is 2.00 bits per heavy atom. The highest BCUT2D eigenvalue weighted by Gasteiger charge is 2.18. The fourth-order valence-corrected chi connectivity index (χ4v) is 0.394. The summed E-state index contributed by atoms with van der Waals surface area (Å²) >= 11 is 0. The molecule has 0 saturated heterocycles. The third-order valence-electron chi connectivity index (χ3n) is 0.691. The summed E-state index contributed by atoms with van der Waals surface area (Å²) in [5.41, 5.74) is -0.966. The highest BCUT2D eigenvalue weighted by Crippen LogP contribution is 2.03. The molecule has 0 fully saturated rings. The Bertz CT molecular complexity index is 126. The van der Waals surface area contributed by atoms with Gasteiger partial charge in [-0.1, -0.05) is 0 Å². The molecule has 0 aliphatic rings. The molecule has 0 saturated carbocycles. The molecule has 3 nitrogen and oxygen atoms in total. The summed E-state index contributed by atoms with van der Waals surface area (Å²) in [4.78, 5) is 20.3. The fourth-order valence-electron chi connectivity index (χ4n) is 0.394. The predicted octanol–water partition coefficient (Wildman–Crippen LogP) is 0.527. The van der Waals surface area contributed by atoms with E-state index in [0.717, 1.165) is 0 Å². The lowest BCUT2D eigenvalue weighted by Gasteiger charge is -2.15. The van der Waals surface area contributed by atoms with Crippen molar-refractivity contribution >= 4 is 12.3 Å². The molecule has 0 amide bonds. The van der Waals surface area contributed by atoms with Gasteiger partial charge >= 0.3 is 5.97 Å². The monoisotopic (exact) mass is 130 g/mol. The van der Waals surface area contributed by atoms with Crippen molar-refractivity contribution < 1.29 is 14.3 Å². The van der Waals surface area contributed by atoms with Crippen LogP contribution in [0.4, 0.5) is 0 Å². The van der Waals surface area contributed by atoms with Crippen LogP contribution < -0.4 is 0 Å². The van der Waals surface area contributed by atoms with Gasteiger partial charge < -0.3 is 4.74 Å². The van der Waals surface area contributed by atoms with Crippen molar-refractivity contribution in [3.05, 3.63) is 0 Å². The van der Waals surface area contributed by atoms with Crippen LogP contribution in [-0.2, 0) is 14.3 Å². The first-order valence-corrected chi connectivity index (χ1v) is 2.64. The van der Waals surface area contributed by atoms with Gasteiger partial charge in [0.2, 0.25) is 0 Å². The molecule has 0 spiro atoms. The van der Waals surface area contributed by atoms with E-state index in [1.54, 1.807) is 0 Å². The number of carbonyl (C=O) groups is 2. The summed E-state index contributed by atoms with van der Waals surface area (Å²) in [6.45, 7) is 4.33. The first-order chi connectivity index (χ1) is 3.98. The molecule has 0 aliphatic heterocycles. The van der Waals surface area contributed by atoms with Gasteiger partial charge in [0.25, 0.3) is 0 Å².